The molecular weight excluding hydrogens is 548 g/mol. The Labute approximate surface area is 245 Å². The minimum Gasteiger partial charge on any atom is -0.545 e. The van der Waals surface area contributed by atoms with E-state index >= 15 is 0 Å². The average molecular weight is 574 g/mol. The molecule has 42 heavy (non-hydrogen) atoms. The topological polar surface area (TPSA) is 96.9 Å². The number of methoxy groups -OCH3 is 1. The van der Waals surface area contributed by atoms with Crippen molar-refractivity contribution in [2.75, 3.05) is 7.11 Å². The molecule has 2 aromatic heterocycles. The van der Waals surface area contributed by atoms with Crippen molar-refractivity contribution in [2.24, 2.45) is 4.99 Å². The lowest BCUT2D eigenvalue weighted by Crippen LogP contribution is -2.38. The Hall–Kier alpha value is -4.95. The zero-order chi connectivity index (χ0) is 29.0. The van der Waals surface area contributed by atoms with Crippen LogP contribution in [-0.2, 0) is 6.42 Å². The number of hydrogen-bond acceptors (Lipinski definition) is 7. The van der Waals surface area contributed by atoms with Crippen molar-refractivity contribution in [1.82, 2.24) is 4.57 Å². The summed E-state index contributed by atoms with van der Waals surface area (Å²) in [4.78, 5) is 31.1. The van der Waals surface area contributed by atoms with Gasteiger partial charge in [0, 0.05) is 17.2 Å². The van der Waals surface area contributed by atoms with E-state index in [1.54, 1.807) is 42.0 Å². The fourth-order valence-electron chi connectivity index (χ4n) is 5.83. The molecule has 0 saturated carbocycles. The second-order valence-corrected chi connectivity index (χ2v) is 11.4. The molecule has 2 aliphatic rings. The maximum Gasteiger partial charge on any atom is 0.271 e. The van der Waals surface area contributed by atoms with E-state index in [0.717, 1.165) is 46.6 Å². The number of carboxylic acid groups (broad SMARTS) is 1. The number of aromatic nitrogens is 1. The number of thiazole rings is 1. The number of furan rings is 1. The lowest BCUT2D eigenvalue weighted by Gasteiger charge is -2.30. The molecule has 7 nitrogen and oxygen atoms in total. The summed E-state index contributed by atoms with van der Waals surface area (Å²) < 4.78 is 13.8. The number of allylic oxidation sites excluding steroid dienone is 1. The highest BCUT2D eigenvalue weighted by molar-refractivity contribution is 7.07. The summed E-state index contributed by atoms with van der Waals surface area (Å²) in [5.41, 5.74) is 6.89. The molecule has 1 unspecified atom stereocenters. The molecule has 5 aromatic rings. The summed E-state index contributed by atoms with van der Waals surface area (Å²) in [6.45, 7) is 1.88. The van der Waals surface area contributed by atoms with Crippen LogP contribution in [-0.4, -0.2) is 17.6 Å². The molecule has 0 fully saturated rings. The maximum absolute atomic E-state index is 14.0. The van der Waals surface area contributed by atoms with E-state index in [0.29, 0.717) is 26.4 Å². The summed E-state index contributed by atoms with van der Waals surface area (Å²) in [5.74, 6) is 0.505. The summed E-state index contributed by atoms with van der Waals surface area (Å²) in [7, 11) is 1.64. The lowest BCUT2D eigenvalue weighted by atomic mass is 9.83. The van der Waals surface area contributed by atoms with Crippen LogP contribution >= 0.6 is 11.3 Å². The van der Waals surface area contributed by atoms with E-state index in [9.17, 15) is 14.7 Å². The number of carbonyl (C=O) groups excluding carboxylic acids is 1. The van der Waals surface area contributed by atoms with E-state index < -0.39 is 5.97 Å². The molecule has 3 aromatic carbocycles. The van der Waals surface area contributed by atoms with E-state index in [1.165, 1.54) is 23.0 Å². The average Bonchev–Trinajstić information content (AvgIpc) is 3.60. The monoisotopic (exact) mass is 573 g/mol. The smallest absolute Gasteiger partial charge is 0.271 e. The van der Waals surface area contributed by atoms with Gasteiger partial charge in [-0.15, -0.1) is 0 Å². The molecule has 208 valence electrons. The first-order valence-corrected chi connectivity index (χ1v) is 14.4. The van der Waals surface area contributed by atoms with Gasteiger partial charge in [-0.1, -0.05) is 59.9 Å². The highest BCUT2D eigenvalue weighted by Crippen LogP contribution is 2.41. The highest BCUT2D eigenvalue weighted by atomic mass is 32.1. The Morgan fingerprint density at radius 3 is 2.64 bits per heavy atom. The Kier molecular flexibility index (Phi) is 6.28. The lowest BCUT2D eigenvalue weighted by molar-refractivity contribution is -0.255. The summed E-state index contributed by atoms with van der Waals surface area (Å²) in [5, 5.41) is 11.4. The van der Waals surface area contributed by atoms with Crippen molar-refractivity contribution in [2.45, 2.75) is 25.8 Å². The molecule has 3 heterocycles. The molecule has 1 aliphatic heterocycles. The van der Waals surface area contributed by atoms with E-state index in [4.69, 9.17) is 14.1 Å². The fourth-order valence-corrected chi connectivity index (χ4v) is 6.81. The third kappa shape index (κ3) is 4.31. The van der Waals surface area contributed by atoms with Gasteiger partial charge >= 0.3 is 0 Å². The van der Waals surface area contributed by atoms with Crippen LogP contribution in [0.2, 0.25) is 0 Å². The Bertz CT molecular complexity index is 2100. The fraction of sp³-hybridized carbons (Fsp3) is 0.147. The quantitative estimate of drug-likeness (QED) is 0.313. The third-order valence-electron chi connectivity index (χ3n) is 7.94. The summed E-state index contributed by atoms with van der Waals surface area (Å²) in [6, 6.07) is 24.2. The predicted molar refractivity (Wildman–Crippen MR) is 159 cm³/mol. The molecular formula is C34H25N2O5S-. The molecule has 0 spiro atoms. The predicted octanol–water partition coefficient (Wildman–Crippen LogP) is 4.26. The first-order valence-electron chi connectivity index (χ1n) is 13.6. The van der Waals surface area contributed by atoms with Gasteiger partial charge in [0.25, 0.3) is 5.56 Å². The molecule has 0 amide bonds. The van der Waals surface area contributed by atoms with Gasteiger partial charge < -0.3 is 19.1 Å². The van der Waals surface area contributed by atoms with E-state index in [1.807, 2.05) is 37.3 Å². The van der Waals surface area contributed by atoms with Gasteiger partial charge in [-0.2, -0.15) is 0 Å². The van der Waals surface area contributed by atoms with Crippen molar-refractivity contribution in [1.29, 1.82) is 0 Å². The van der Waals surface area contributed by atoms with Crippen LogP contribution in [0, 0.1) is 6.92 Å². The minimum absolute atomic E-state index is 0.0749. The van der Waals surface area contributed by atoms with E-state index in [2.05, 4.69) is 18.2 Å². The summed E-state index contributed by atoms with van der Waals surface area (Å²) in [6.07, 6.45) is 3.42. The van der Waals surface area contributed by atoms with Crippen molar-refractivity contribution < 1.29 is 19.1 Å². The number of aryl methyl sites for hydroxylation is 2. The number of aromatic carboxylic acids is 1. The maximum atomic E-state index is 14.0. The first kappa shape index (κ1) is 26.0. The van der Waals surface area contributed by atoms with Crippen molar-refractivity contribution in [3.05, 3.63) is 138 Å². The highest BCUT2D eigenvalue weighted by Gasteiger charge is 2.32. The number of carboxylic acids is 1. The molecule has 7 rings (SSSR count). The number of benzene rings is 3. The van der Waals surface area contributed by atoms with E-state index in [-0.39, 0.29) is 17.2 Å². The molecule has 0 bridgehead atoms. The molecule has 1 aliphatic carbocycles. The van der Waals surface area contributed by atoms with Crippen LogP contribution < -0.4 is 24.7 Å². The Morgan fingerprint density at radius 1 is 1.05 bits per heavy atom. The van der Waals surface area contributed by atoms with Gasteiger partial charge in [-0.05, 0) is 77.9 Å². The van der Waals surface area contributed by atoms with Crippen LogP contribution in [0.3, 0.4) is 0 Å². The third-order valence-corrected chi connectivity index (χ3v) is 8.93. The number of nitrogens with zero attached hydrogens (tertiary/aromatic N) is 2. The zero-order valence-electron chi connectivity index (χ0n) is 22.9. The van der Waals surface area contributed by atoms with Gasteiger partial charge in [0.1, 0.15) is 17.3 Å². The second-order valence-electron chi connectivity index (χ2n) is 10.4. The summed E-state index contributed by atoms with van der Waals surface area (Å²) >= 11 is 1.33. The molecule has 8 heteroatoms. The number of rotatable bonds is 5. The molecule has 1 atom stereocenters. The van der Waals surface area contributed by atoms with Crippen LogP contribution in [0.5, 0.6) is 5.75 Å². The van der Waals surface area contributed by atoms with Crippen LogP contribution in [0.25, 0.3) is 23.1 Å². The van der Waals surface area contributed by atoms with Crippen molar-refractivity contribution in [3.8, 4) is 17.1 Å². The Morgan fingerprint density at radius 2 is 1.86 bits per heavy atom. The number of carbonyl (C=O) groups is 1. The van der Waals surface area contributed by atoms with Gasteiger partial charge in [0.05, 0.1) is 29.4 Å². The largest absolute Gasteiger partial charge is 0.545 e. The SMILES string of the molecule is COc1ccc(C2C3=C(N=c4s/c(=C/c5ccc(-c6cc(C(=O)[O-])ccc6C)o5)c(=O)n42)c2ccccc2CC3)cc1. The van der Waals surface area contributed by atoms with Gasteiger partial charge in [0.15, 0.2) is 4.80 Å². The minimum atomic E-state index is -1.25. The zero-order valence-corrected chi connectivity index (χ0v) is 23.7. The number of fused-ring (bicyclic) bond motifs is 3. The van der Waals surface area contributed by atoms with Crippen LogP contribution in [0.4, 0.5) is 0 Å². The van der Waals surface area contributed by atoms with Gasteiger partial charge in [-0.25, -0.2) is 4.99 Å². The van der Waals surface area contributed by atoms with Crippen LogP contribution in [0.15, 0.2) is 98.6 Å². The number of hydrogen-bond donors (Lipinski definition) is 0. The van der Waals surface area contributed by atoms with Crippen molar-refractivity contribution in [3.63, 3.8) is 0 Å². The number of ether oxygens (including phenoxy) is 1. The molecule has 0 radical (unpaired) electrons. The normalized spacial score (nSPS) is 16.0. The van der Waals surface area contributed by atoms with Crippen molar-refractivity contribution >= 4 is 29.1 Å². The molecule has 0 saturated heterocycles. The standard InChI is InChI=1S/C34H26N2O5S/c1-19-7-8-22(33(38)39)17-27(19)28-16-14-24(41-28)18-29-32(37)36-31(21-9-12-23(40-2)13-10-21)26-15-11-20-5-3-4-6-25(20)30(26)35-34(36)42-29/h3-10,12-14,16-18,31H,11,15H2,1-2H3,(H,38,39)/p-1/b29-18+. The van der Waals surface area contributed by atoms with Crippen LogP contribution in [0.1, 0.15) is 50.8 Å². The molecule has 0 N–H and O–H groups in total. The second kappa shape index (κ2) is 10.2. The Balaban J connectivity index is 1.37. The van der Waals surface area contributed by atoms with Gasteiger partial charge in [-0.3, -0.25) is 9.36 Å². The first-order chi connectivity index (χ1) is 20.4. The van der Waals surface area contributed by atoms with Gasteiger partial charge in [0.2, 0.25) is 0 Å².